The predicted molar refractivity (Wildman–Crippen MR) is 81.1 cm³/mol. The van der Waals surface area contributed by atoms with Crippen molar-refractivity contribution in [1.29, 1.82) is 0 Å². The van der Waals surface area contributed by atoms with E-state index < -0.39 is 0 Å². The van der Waals surface area contributed by atoms with E-state index in [2.05, 4.69) is 0 Å². The monoisotopic (exact) mass is 246 g/mol. The Morgan fingerprint density at radius 3 is 1.33 bits per heavy atom. The summed E-state index contributed by atoms with van der Waals surface area (Å²) in [6.07, 6.45) is 20.3. The lowest BCUT2D eigenvalue weighted by Crippen LogP contribution is -2.17. The second-order valence-electron chi connectivity index (χ2n) is 6.84. The van der Waals surface area contributed by atoms with Crippen LogP contribution in [-0.2, 0) is 0 Å². The zero-order valence-corrected chi connectivity index (χ0v) is 12.2. The Kier molecular flexibility index (Phi) is 6.66. The summed E-state index contributed by atoms with van der Waals surface area (Å²) < 4.78 is 0. The van der Waals surface area contributed by atoms with Crippen molar-refractivity contribution >= 4 is 7.85 Å². The molecule has 0 saturated heterocycles. The van der Waals surface area contributed by atoms with E-state index >= 15 is 0 Å². The first kappa shape index (κ1) is 14.5. The van der Waals surface area contributed by atoms with E-state index in [1.165, 1.54) is 89.9 Å². The molecule has 2 aliphatic carbocycles. The van der Waals surface area contributed by atoms with Gasteiger partial charge in [-0.15, -0.1) is 0 Å². The van der Waals surface area contributed by atoms with Gasteiger partial charge in [0.1, 0.15) is 0 Å². The fraction of sp³-hybridized carbons (Fsp3) is 1.00. The first-order valence-electron chi connectivity index (χ1n) is 8.62. The van der Waals surface area contributed by atoms with Crippen LogP contribution in [0, 0.1) is 11.8 Å². The topological polar surface area (TPSA) is 0 Å². The SMILES string of the molecule is [B]C1CCCC(C2CCCCCCCC2)CCC1. The van der Waals surface area contributed by atoms with E-state index in [0.29, 0.717) is 5.82 Å². The van der Waals surface area contributed by atoms with Crippen molar-refractivity contribution in [2.75, 3.05) is 0 Å². The van der Waals surface area contributed by atoms with Gasteiger partial charge in [-0.3, -0.25) is 0 Å². The summed E-state index contributed by atoms with van der Waals surface area (Å²) >= 11 is 0. The van der Waals surface area contributed by atoms with Crippen LogP contribution in [0.2, 0.25) is 5.82 Å². The molecule has 2 fully saturated rings. The molecule has 0 unspecified atom stereocenters. The third-order valence-corrected chi connectivity index (χ3v) is 5.37. The van der Waals surface area contributed by atoms with Gasteiger partial charge in [0.05, 0.1) is 7.85 Å². The highest BCUT2D eigenvalue weighted by Gasteiger charge is 2.23. The summed E-state index contributed by atoms with van der Waals surface area (Å²) in [7, 11) is 6.09. The molecule has 2 rings (SSSR count). The van der Waals surface area contributed by atoms with E-state index in [1.54, 1.807) is 0 Å². The highest BCUT2D eigenvalue weighted by Crippen LogP contribution is 2.36. The molecule has 2 aliphatic rings. The van der Waals surface area contributed by atoms with Crippen LogP contribution in [0.5, 0.6) is 0 Å². The molecule has 2 radical (unpaired) electrons. The maximum atomic E-state index is 6.09. The van der Waals surface area contributed by atoms with Gasteiger partial charge in [-0.25, -0.2) is 0 Å². The average molecular weight is 246 g/mol. The Balaban J connectivity index is 1.82. The lowest BCUT2D eigenvalue weighted by molar-refractivity contribution is 0.233. The Morgan fingerprint density at radius 1 is 0.444 bits per heavy atom. The maximum Gasteiger partial charge on any atom is 0.0699 e. The quantitative estimate of drug-likeness (QED) is 0.523. The van der Waals surface area contributed by atoms with E-state index in [0.717, 1.165) is 11.8 Å². The van der Waals surface area contributed by atoms with Crippen LogP contribution < -0.4 is 0 Å². The molecule has 1 heteroatoms. The summed E-state index contributed by atoms with van der Waals surface area (Å²) in [5.41, 5.74) is 0. The molecule has 18 heavy (non-hydrogen) atoms. The molecule has 0 aromatic carbocycles. The Bertz CT molecular complexity index is 194. The third-order valence-electron chi connectivity index (χ3n) is 5.37. The summed E-state index contributed by atoms with van der Waals surface area (Å²) in [5, 5.41) is 0. The normalized spacial score (nSPS) is 33.8. The summed E-state index contributed by atoms with van der Waals surface area (Å²) in [6.45, 7) is 0. The smallest absolute Gasteiger partial charge is 0.0699 e. The van der Waals surface area contributed by atoms with Crippen molar-refractivity contribution in [3.8, 4) is 0 Å². The zero-order chi connectivity index (χ0) is 12.6. The largest absolute Gasteiger partial charge is 0.0774 e. The molecule has 2 saturated carbocycles. The van der Waals surface area contributed by atoms with Crippen molar-refractivity contribution in [2.45, 2.75) is 95.7 Å². The Morgan fingerprint density at radius 2 is 0.833 bits per heavy atom. The molecule has 0 spiro atoms. The molecule has 0 amide bonds. The second-order valence-corrected chi connectivity index (χ2v) is 6.84. The van der Waals surface area contributed by atoms with Crippen LogP contribution >= 0.6 is 0 Å². The van der Waals surface area contributed by atoms with Gasteiger partial charge in [0.2, 0.25) is 0 Å². The van der Waals surface area contributed by atoms with Gasteiger partial charge in [0.15, 0.2) is 0 Å². The van der Waals surface area contributed by atoms with Gasteiger partial charge in [0, 0.05) is 0 Å². The third kappa shape index (κ3) is 4.98. The van der Waals surface area contributed by atoms with Crippen molar-refractivity contribution in [3.63, 3.8) is 0 Å². The van der Waals surface area contributed by atoms with Gasteiger partial charge in [-0.1, -0.05) is 95.7 Å². The molecule has 0 bridgehead atoms. The minimum Gasteiger partial charge on any atom is -0.0774 e. The second kappa shape index (κ2) is 8.28. The Hall–Kier alpha value is 0.0649. The van der Waals surface area contributed by atoms with Gasteiger partial charge in [0.25, 0.3) is 0 Å². The molecule has 0 nitrogen and oxygen atoms in total. The van der Waals surface area contributed by atoms with Gasteiger partial charge in [-0.2, -0.15) is 0 Å². The van der Waals surface area contributed by atoms with E-state index in [-0.39, 0.29) is 0 Å². The minimum atomic E-state index is 0.506. The predicted octanol–water partition coefficient (Wildman–Crippen LogP) is 5.66. The van der Waals surface area contributed by atoms with Gasteiger partial charge in [-0.05, 0) is 11.8 Å². The van der Waals surface area contributed by atoms with Crippen LogP contribution in [0.1, 0.15) is 89.9 Å². The van der Waals surface area contributed by atoms with Gasteiger partial charge < -0.3 is 0 Å². The van der Waals surface area contributed by atoms with Crippen LogP contribution in [-0.4, -0.2) is 7.85 Å². The highest BCUT2D eigenvalue weighted by molar-refractivity contribution is 6.11. The number of hydrogen-bond acceptors (Lipinski definition) is 0. The fourth-order valence-electron chi connectivity index (χ4n) is 4.18. The summed E-state index contributed by atoms with van der Waals surface area (Å²) in [5.74, 6) is 2.60. The Labute approximate surface area is 116 Å². The first-order valence-corrected chi connectivity index (χ1v) is 8.62. The molecular weight excluding hydrogens is 215 g/mol. The molecule has 0 aromatic heterocycles. The molecular formula is C17H31B. The number of hydrogen-bond donors (Lipinski definition) is 0. The molecule has 0 N–H and O–H groups in total. The fourth-order valence-corrected chi connectivity index (χ4v) is 4.18. The van der Waals surface area contributed by atoms with E-state index in [1.807, 2.05) is 0 Å². The minimum absolute atomic E-state index is 0.506. The van der Waals surface area contributed by atoms with Crippen molar-refractivity contribution in [1.82, 2.24) is 0 Å². The first-order chi connectivity index (χ1) is 8.86. The van der Waals surface area contributed by atoms with Crippen LogP contribution in [0.25, 0.3) is 0 Å². The number of rotatable bonds is 1. The van der Waals surface area contributed by atoms with Crippen LogP contribution in [0.3, 0.4) is 0 Å². The zero-order valence-electron chi connectivity index (χ0n) is 12.2. The summed E-state index contributed by atoms with van der Waals surface area (Å²) in [4.78, 5) is 0. The van der Waals surface area contributed by atoms with Gasteiger partial charge >= 0.3 is 0 Å². The van der Waals surface area contributed by atoms with Crippen molar-refractivity contribution in [3.05, 3.63) is 0 Å². The lowest BCUT2D eigenvalue weighted by atomic mass is 9.72. The van der Waals surface area contributed by atoms with E-state index in [4.69, 9.17) is 7.85 Å². The molecule has 0 heterocycles. The van der Waals surface area contributed by atoms with Crippen LogP contribution in [0.4, 0.5) is 0 Å². The molecule has 102 valence electrons. The lowest BCUT2D eigenvalue weighted by Gasteiger charge is -2.30. The average Bonchev–Trinajstić information content (AvgIpc) is 2.47. The van der Waals surface area contributed by atoms with E-state index in [9.17, 15) is 0 Å². The highest BCUT2D eigenvalue weighted by atomic mass is 14.3. The molecule has 0 atom stereocenters. The molecule has 0 aliphatic heterocycles. The molecule has 0 aromatic rings. The van der Waals surface area contributed by atoms with Crippen molar-refractivity contribution < 1.29 is 0 Å². The summed E-state index contributed by atoms with van der Waals surface area (Å²) in [6, 6.07) is 0. The standard InChI is InChI=1S/C17H31B/c18-17-13-7-11-16(12-8-14-17)15-9-5-3-1-2-4-6-10-15/h15-17H,1-14H2. The maximum absolute atomic E-state index is 6.09. The van der Waals surface area contributed by atoms with Crippen LogP contribution in [0.15, 0.2) is 0 Å². The van der Waals surface area contributed by atoms with Crippen molar-refractivity contribution in [2.24, 2.45) is 11.8 Å².